The Morgan fingerprint density at radius 1 is 1.42 bits per heavy atom. The van der Waals surface area contributed by atoms with Crippen LogP contribution in [0.5, 0.6) is 5.75 Å². The fourth-order valence-corrected chi connectivity index (χ4v) is 1.40. The highest BCUT2D eigenvalue weighted by molar-refractivity contribution is 9.10. The molecule has 12 heavy (non-hydrogen) atoms. The van der Waals surface area contributed by atoms with Crippen molar-refractivity contribution in [2.24, 2.45) is 5.14 Å². The zero-order valence-electron chi connectivity index (χ0n) is 5.90. The van der Waals surface area contributed by atoms with E-state index in [9.17, 15) is 8.42 Å². The van der Waals surface area contributed by atoms with E-state index in [-0.39, 0.29) is 5.75 Å². The fraction of sp³-hybridized carbons (Fsp3) is 0. The van der Waals surface area contributed by atoms with Gasteiger partial charge in [-0.3, -0.25) is 0 Å². The lowest BCUT2D eigenvalue weighted by Crippen LogP contribution is -2.18. The summed E-state index contributed by atoms with van der Waals surface area (Å²) in [4.78, 5) is 0. The standard InChI is InChI=1S/C6H6BrNO3S/c7-5-2-1-3-6(4-5)11-12(8,9)10/h1-4H,(H2,8,9,10). The monoisotopic (exact) mass is 251 g/mol. The number of nitrogens with two attached hydrogens (primary N) is 1. The van der Waals surface area contributed by atoms with E-state index < -0.39 is 10.3 Å². The maximum Gasteiger partial charge on any atom is 0.380 e. The minimum atomic E-state index is -3.91. The van der Waals surface area contributed by atoms with Crippen molar-refractivity contribution in [1.29, 1.82) is 0 Å². The Labute approximate surface area is 78.7 Å². The zero-order chi connectivity index (χ0) is 9.19. The van der Waals surface area contributed by atoms with Crippen LogP contribution in [0.4, 0.5) is 0 Å². The molecule has 0 fully saturated rings. The normalized spacial score (nSPS) is 11.2. The van der Waals surface area contributed by atoms with Gasteiger partial charge in [0.2, 0.25) is 0 Å². The molecule has 6 heteroatoms. The molecule has 0 aromatic heterocycles. The molecule has 0 aliphatic rings. The second-order valence-electron chi connectivity index (χ2n) is 2.03. The van der Waals surface area contributed by atoms with Crippen molar-refractivity contribution in [3.8, 4) is 5.75 Å². The number of benzene rings is 1. The van der Waals surface area contributed by atoms with E-state index in [2.05, 4.69) is 25.3 Å². The number of halogens is 1. The average molecular weight is 252 g/mol. The molecule has 66 valence electrons. The third kappa shape index (κ3) is 3.21. The van der Waals surface area contributed by atoms with Crippen LogP contribution in [0.1, 0.15) is 0 Å². The van der Waals surface area contributed by atoms with Crippen LogP contribution in [0, 0.1) is 0 Å². The molecule has 1 rings (SSSR count). The van der Waals surface area contributed by atoms with Gasteiger partial charge in [-0.2, -0.15) is 13.6 Å². The van der Waals surface area contributed by atoms with Gasteiger partial charge in [-0.05, 0) is 18.2 Å². The summed E-state index contributed by atoms with van der Waals surface area (Å²) in [6, 6.07) is 6.39. The van der Waals surface area contributed by atoms with Crippen molar-refractivity contribution in [2.75, 3.05) is 0 Å². The summed E-state index contributed by atoms with van der Waals surface area (Å²) in [5.41, 5.74) is 0. The first-order valence-electron chi connectivity index (χ1n) is 2.95. The molecular weight excluding hydrogens is 246 g/mol. The highest BCUT2D eigenvalue weighted by Crippen LogP contribution is 2.18. The van der Waals surface area contributed by atoms with Crippen LogP contribution < -0.4 is 9.32 Å². The first-order valence-corrected chi connectivity index (χ1v) is 5.21. The van der Waals surface area contributed by atoms with E-state index in [1.165, 1.54) is 12.1 Å². The first kappa shape index (κ1) is 9.50. The lowest BCUT2D eigenvalue weighted by molar-refractivity contribution is 0.487. The summed E-state index contributed by atoms with van der Waals surface area (Å²) < 4.78 is 26.0. The van der Waals surface area contributed by atoms with Crippen molar-refractivity contribution in [3.05, 3.63) is 28.7 Å². The molecule has 0 radical (unpaired) electrons. The van der Waals surface area contributed by atoms with Gasteiger partial charge in [0.15, 0.2) is 0 Å². The van der Waals surface area contributed by atoms with Gasteiger partial charge in [0, 0.05) is 4.47 Å². The van der Waals surface area contributed by atoms with Crippen molar-refractivity contribution >= 4 is 26.2 Å². The number of rotatable bonds is 2. The van der Waals surface area contributed by atoms with E-state index in [1.807, 2.05) is 0 Å². The molecule has 0 saturated heterocycles. The predicted molar refractivity (Wildman–Crippen MR) is 47.9 cm³/mol. The predicted octanol–water partition coefficient (Wildman–Crippen LogP) is 1.03. The van der Waals surface area contributed by atoms with Crippen molar-refractivity contribution in [3.63, 3.8) is 0 Å². The molecule has 0 saturated carbocycles. The highest BCUT2D eigenvalue weighted by atomic mass is 79.9. The summed E-state index contributed by atoms with van der Waals surface area (Å²) in [5.74, 6) is 0.187. The Morgan fingerprint density at radius 3 is 2.58 bits per heavy atom. The molecule has 0 aliphatic heterocycles. The van der Waals surface area contributed by atoms with E-state index in [1.54, 1.807) is 12.1 Å². The fourth-order valence-electron chi connectivity index (χ4n) is 0.653. The molecule has 1 aromatic rings. The molecule has 2 N–H and O–H groups in total. The summed E-state index contributed by atoms with van der Waals surface area (Å²) >= 11 is 3.15. The maximum atomic E-state index is 10.5. The molecule has 0 heterocycles. The van der Waals surface area contributed by atoms with Gasteiger partial charge in [-0.15, -0.1) is 0 Å². The van der Waals surface area contributed by atoms with Crippen molar-refractivity contribution < 1.29 is 12.6 Å². The van der Waals surface area contributed by atoms with E-state index >= 15 is 0 Å². The van der Waals surface area contributed by atoms with Crippen LogP contribution in [0.2, 0.25) is 0 Å². The Balaban J connectivity index is 2.91. The lowest BCUT2D eigenvalue weighted by atomic mass is 10.3. The molecule has 0 bridgehead atoms. The van der Waals surface area contributed by atoms with Crippen molar-refractivity contribution in [2.45, 2.75) is 0 Å². The van der Waals surface area contributed by atoms with Gasteiger partial charge in [0.05, 0.1) is 0 Å². The minimum absolute atomic E-state index is 0.187. The zero-order valence-corrected chi connectivity index (χ0v) is 8.30. The molecule has 1 aromatic carbocycles. The summed E-state index contributed by atoms with van der Waals surface area (Å²) in [6.45, 7) is 0. The molecule has 0 aliphatic carbocycles. The van der Waals surface area contributed by atoms with Gasteiger partial charge < -0.3 is 4.18 Å². The average Bonchev–Trinajstić information content (AvgIpc) is 1.82. The highest BCUT2D eigenvalue weighted by Gasteiger charge is 2.03. The molecule has 0 atom stereocenters. The van der Waals surface area contributed by atoms with Crippen molar-refractivity contribution in [1.82, 2.24) is 0 Å². The van der Waals surface area contributed by atoms with Crippen LogP contribution >= 0.6 is 15.9 Å². The smallest absolute Gasteiger partial charge is 0.371 e. The van der Waals surface area contributed by atoms with Crippen LogP contribution in [0.25, 0.3) is 0 Å². The van der Waals surface area contributed by atoms with Crippen LogP contribution in [-0.4, -0.2) is 8.42 Å². The second kappa shape index (κ2) is 3.42. The maximum absolute atomic E-state index is 10.5. The third-order valence-electron chi connectivity index (χ3n) is 1.01. The SMILES string of the molecule is NS(=O)(=O)Oc1cccc(Br)c1. The van der Waals surface area contributed by atoms with Gasteiger partial charge >= 0.3 is 10.3 Å². The van der Waals surface area contributed by atoms with E-state index in [0.717, 1.165) is 4.47 Å². The van der Waals surface area contributed by atoms with E-state index in [0.29, 0.717) is 0 Å². The molecule has 0 amide bonds. The number of hydrogen-bond acceptors (Lipinski definition) is 3. The second-order valence-corrected chi connectivity index (χ2v) is 4.10. The largest absolute Gasteiger partial charge is 0.380 e. The topological polar surface area (TPSA) is 69.4 Å². The van der Waals surface area contributed by atoms with Gasteiger partial charge in [0.1, 0.15) is 5.75 Å². The number of hydrogen-bond donors (Lipinski definition) is 1. The first-order chi connectivity index (χ1) is 5.47. The van der Waals surface area contributed by atoms with E-state index in [4.69, 9.17) is 0 Å². The van der Waals surface area contributed by atoms with Crippen LogP contribution in [0.15, 0.2) is 28.7 Å². The Kier molecular flexibility index (Phi) is 2.71. The minimum Gasteiger partial charge on any atom is -0.371 e. The van der Waals surface area contributed by atoms with Crippen LogP contribution in [0.3, 0.4) is 0 Å². The Morgan fingerprint density at radius 2 is 2.08 bits per heavy atom. The quantitative estimate of drug-likeness (QED) is 0.854. The Bertz CT molecular complexity index is 376. The van der Waals surface area contributed by atoms with Gasteiger partial charge in [-0.1, -0.05) is 22.0 Å². The van der Waals surface area contributed by atoms with Gasteiger partial charge in [0.25, 0.3) is 0 Å². The Hall–Kier alpha value is -0.590. The summed E-state index contributed by atoms with van der Waals surface area (Å²) in [6.07, 6.45) is 0. The van der Waals surface area contributed by atoms with Crippen LogP contribution in [-0.2, 0) is 10.3 Å². The molecule has 4 nitrogen and oxygen atoms in total. The summed E-state index contributed by atoms with van der Waals surface area (Å²) in [5, 5.41) is 4.65. The summed E-state index contributed by atoms with van der Waals surface area (Å²) in [7, 11) is -3.91. The molecule has 0 unspecified atom stereocenters. The third-order valence-corrected chi connectivity index (χ3v) is 1.93. The molecule has 0 spiro atoms. The van der Waals surface area contributed by atoms with Gasteiger partial charge in [-0.25, -0.2) is 0 Å². The molecular formula is C6H6BrNO3S. The lowest BCUT2D eigenvalue weighted by Gasteiger charge is -2.01.